The summed E-state index contributed by atoms with van der Waals surface area (Å²) in [6.07, 6.45) is 10.2. The standard InChI is InChI=1S/C19H26N4O/c1-2-3-13-24-14-5-10-21-19-16-6-4-7-17(16)22-18(23-19)15-8-11-20-12-9-15/h8-9,11-12H,2-7,10,13-14H2,1H3,(H,21,22,23). The van der Waals surface area contributed by atoms with Gasteiger partial charge >= 0.3 is 0 Å². The maximum absolute atomic E-state index is 5.62. The summed E-state index contributed by atoms with van der Waals surface area (Å²) in [5.41, 5.74) is 3.50. The molecule has 5 nitrogen and oxygen atoms in total. The van der Waals surface area contributed by atoms with Crippen LogP contribution >= 0.6 is 0 Å². The Morgan fingerprint density at radius 2 is 1.92 bits per heavy atom. The van der Waals surface area contributed by atoms with Crippen LogP contribution in [0.2, 0.25) is 0 Å². The summed E-state index contributed by atoms with van der Waals surface area (Å²) in [7, 11) is 0. The minimum absolute atomic E-state index is 0.791. The first-order valence-corrected chi connectivity index (χ1v) is 9.00. The van der Waals surface area contributed by atoms with Gasteiger partial charge in [0.15, 0.2) is 5.82 Å². The molecule has 2 aromatic rings. The molecule has 128 valence electrons. The Balaban J connectivity index is 1.63. The molecule has 0 bridgehead atoms. The van der Waals surface area contributed by atoms with E-state index in [9.17, 15) is 0 Å². The topological polar surface area (TPSA) is 59.9 Å². The van der Waals surface area contributed by atoms with E-state index in [1.54, 1.807) is 12.4 Å². The number of aryl methyl sites for hydroxylation is 1. The highest BCUT2D eigenvalue weighted by atomic mass is 16.5. The molecule has 0 aromatic carbocycles. The van der Waals surface area contributed by atoms with E-state index in [-0.39, 0.29) is 0 Å². The van der Waals surface area contributed by atoms with Gasteiger partial charge in [0.1, 0.15) is 5.82 Å². The van der Waals surface area contributed by atoms with Crippen molar-refractivity contribution in [2.45, 2.75) is 45.4 Å². The highest BCUT2D eigenvalue weighted by Crippen LogP contribution is 2.28. The van der Waals surface area contributed by atoms with Gasteiger partial charge in [-0.15, -0.1) is 0 Å². The van der Waals surface area contributed by atoms with Crippen molar-refractivity contribution in [1.29, 1.82) is 0 Å². The Morgan fingerprint density at radius 3 is 2.75 bits per heavy atom. The van der Waals surface area contributed by atoms with E-state index >= 15 is 0 Å². The lowest BCUT2D eigenvalue weighted by Gasteiger charge is -2.12. The van der Waals surface area contributed by atoms with Gasteiger partial charge in [0.2, 0.25) is 0 Å². The number of anilines is 1. The predicted molar refractivity (Wildman–Crippen MR) is 96.1 cm³/mol. The van der Waals surface area contributed by atoms with Crippen LogP contribution < -0.4 is 5.32 Å². The highest BCUT2D eigenvalue weighted by Gasteiger charge is 2.19. The zero-order valence-corrected chi connectivity index (χ0v) is 14.4. The van der Waals surface area contributed by atoms with Gasteiger partial charge in [-0.3, -0.25) is 4.98 Å². The SMILES string of the molecule is CCCCOCCCNc1nc(-c2ccncc2)nc2c1CCC2. The van der Waals surface area contributed by atoms with Gasteiger partial charge in [-0.1, -0.05) is 13.3 Å². The van der Waals surface area contributed by atoms with E-state index in [0.29, 0.717) is 0 Å². The Hall–Kier alpha value is -2.01. The van der Waals surface area contributed by atoms with Crippen LogP contribution in [-0.2, 0) is 17.6 Å². The number of unbranched alkanes of at least 4 members (excludes halogenated alkanes) is 1. The third-order valence-corrected chi connectivity index (χ3v) is 4.27. The number of hydrogen-bond donors (Lipinski definition) is 1. The van der Waals surface area contributed by atoms with Gasteiger partial charge in [0, 0.05) is 49.0 Å². The fourth-order valence-corrected chi connectivity index (χ4v) is 2.94. The van der Waals surface area contributed by atoms with Crippen molar-refractivity contribution in [1.82, 2.24) is 15.0 Å². The van der Waals surface area contributed by atoms with Crippen molar-refractivity contribution >= 4 is 5.82 Å². The zero-order chi connectivity index (χ0) is 16.6. The minimum Gasteiger partial charge on any atom is -0.381 e. The summed E-state index contributed by atoms with van der Waals surface area (Å²) in [6.45, 7) is 4.73. The molecule has 5 heteroatoms. The van der Waals surface area contributed by atoms with Gasteiger partial charge in [-0.25, -0.2) is 9.97 Å². The molecule has 1 aliphatic carbocycles. The minimum atomic E-state index is 0.791. The second-order valence-corrected chi connectivity index (χ2v) is 6.16. The van der Waals surface area contributed by atoms with Crippen molar-refractivity contribution < 1.29 is 4.74 Å². The smallest absolute Gasteiger partial charge is 0.161 e. The molecule has 0 fully saturated rings. The molecule has 0 aliphatic heterocycles. The fraction of sp³-hybridized carbons (Fsp3) is 0.526. The summed E-state index contributed by atoms with van der Waals surface area (Å²) < 4.78 is 5.62. The molecule has 0 unspecified atom stereocenters. The Labute approximate surface area is 143 Å². The molecule has 1 aliphatic rings. The number of nitrogens with zero attached hydrogens (tertiary/aromatic N) is 3. The molecular formula is C19H26N4O. The lowest BCUT2D eigenvalue weighted by molar-refractivity contribution is 0.131. The lowest BCUT2D eigenvalue weighted by Crippen LogP contribution is -2.11. The number of nitrogens with one attached hydrogen (secondary N) is 1. The highest BCUT2D eigenvalue weighted by molar-refractivity contribution is 5.60. The largest absolute Gasteiger partial charge is 0.381 e. The Kier molecular flexibility index (Phi) is 6.13. The number of fused-ring (bicyclic) bond motifs is 1. The number of ether oxygens (including phenoxy) is 1. The van der Waals surface area contributed by atoms with E-state index in [1.807, 2.05) is 12.1 Å². The van der Waals surface area contributed by atoms with Gasteiger partial charge in [0.25, 0.3) is 0 Å². The maximum atomic E-state index is 5.62. The normalized spacial score (nSPS) is 13.0. The first-order valence-electron chi connectivity index (χ1n) is 9.00. The van der Waals surface area contributed by atoms with Crippen molar-refractivity contribution in [3.05, 3.63) is 35.8 Å². The van der Waals surface area contributed by atoms with Crippen molar-refractivity contribution in [3.63, 3.8) is 0 Å². The predicted octanol–water partition coefficient (Wildman–Crippen LogP) is 3.65. The fourth-order valence-electron chi connectivity index (χ4n) is 2.94. The molecule has 2 heterocycles. The Morgan fingerprint density at radius 1 is 1.08 bits per heavy atom. The van der Waals surface area contributed by atoms with Crippen LogP contribution in [0.3, 0.4) is 0 Å². The van der Waals surface area contributed by atoms with E-state index in [1.165, 1.54) is 24.1 Å². The summed E-state index contributed by atoms with van der Waals surface area (Å²) in [5.74, 6) is 1.79. The first kappa shape index (κ1) is 16.8. The molecule has 0 radical (unpaired) electrons. The number of aromatic nitrogens is 3. The van der Waals surface area contributed by atoms with Crippen LogP contribution in [0.5, 0.6) is 0 Å². The van der Waals surface area contributed by atoms with Crippen LogP contribution in [0.4, 0.5) is 5.82 Å². The molecule has 0 saturated heterocycles. The third-order valence-electron chi connectivity index (χ3n) is 4.27. The van der Waals surface area contributed by atoms with Crippen molar-refractivity contribution in [2.75, 3.05) is 25.1 Å². The molecule has 0 atom stereocenters. The molecule has 3 rings (SSSR count). The molecule has 0 amide bonds. The average molecular weight is 326 g/mol. The number of hydrogen-bond acceptors (Lipinski definition) is 5. The van der Waals surface area contributed by atoms with Gasteiger partial charge < -0.3 is 10.1 Å². The van der Waals surface area contributed by atoms with E-state index < -0.39 is 0 Å². The zero-order valence-electron chi connectivity index (χ0n) is 14.4. The summed E-state index contributed by atoms with van der Waals surface area (Å²) in [4.78, 5) is 13.6. The summed E-state index contributed by atoms with van der Waals surface area (Å²) >= 11 is 0. The van der Waals surface area contributed by atoms with Gasteiger partial charge in [-0.05, 0) is 44.2 Å². The lowest BCUT2D eigenvalue weighted by atomic mass is 10.2. The van der Waals surface area contributed by atoms with Gasteiger partial charge in [-0.2, -0.15) is 0 Å². The summed E-state index contributed by atoms with van der Waals surface area (Å²) in [6, 6.07) is 3.92. The number of pyridine rings is 1. The molecular weight excluding hydrogens is 300 g/mol. The van der Waals surface area contributed by atoms with Crippen LogP contribution in [0.15, 0.2) is 24.5 Å². The van der Waals surface area contributed by atoms with E-state index in [0.717, 1.165) is 62.6 Å². The van der Waals surface area contributed by atoms with Crippen LogP contribution in [-0.4, -0.2) is 34.7 Å². The number of rotatable bonds is 9. The van der Waals surface area contributed by atoms with Crippen LogP contribution in [0.25, 0.3) is 11.4 Å². The molecule has 0 saturated carbocycles. The van der Waals surface area contributed by atoms with Crippen LogP contribution in [0.1, 0.15) is 43.9 Å². The van der Waals surface area contributed by atoms with E-state index in [4.69, 9.17) is 14.7 Å². The van der Waals surface area contributed by atoms with Crippen molar-refractivity contribution in [3.8, 4) is 11.4 Å². The Bertz CT molecular complexity index is 645. The summed E-state index contributed by atoms with van der Waals surface area (Å²) in [5, 5.41) is 3.50. The monoisotopic (exact) mass is 326 g/mol. The second-order valence-electron chi connectivity index (χ2n) is 6.16. The van der Waals surface area contributed by atoms with Crippen LogP contribution in [0, 0.1) is 0 Å². The third kappa shape index (κ3) is 4.29. The van der Waals surface area contributed by atoms with E-state index in [2.05, 4.69) is 17.2 Å². The maximum Gasteiger partial charge on any atom is 0.161 e. The van der Waals surface area contributed by atoms with Gasteiger partial charge in [0.05, 0.1) is 0 Å². The second kappa shape index (κ2) is 8.73. The molecule has 0 spiro atoms. The average Bonchev–Trinajstić information content (AvgIpc) is 3.10. The molecule has 2 aromatic heterocycles. The molecule has 1 N–H and O–H groups in total. The quantitative estimate of drug-likeness (QED) is 0.713. The molecule has 24 heavy (non-hydrogen) atoms. The first-order chi connectivity index (χ1) is 11.9. The van der Waals surface area contributed by atoms with Crippen molar-refractivity contribution in [2.24, 2.45) is 0 Å².